The summed E-state index contributed by atoms with van der Waals surface area (Å²) in [5.41, 5.74) is 0. The summed E-state index contributed by atoms with van der Waals surface area (Å²) in [4.78, 5) is 2.24. The molecule has 0 rings (SSSR count). The molecule has 0 aliphatic rings. The van der Waals surface area contributed by atoms with Crippen molar-refractivity contribution in [3.05, 3.63) is 0 Å². The molecule has 146 valence electrons. The van der Waals surface area contributed by atoms with E-state index in [2.05, 4.69) is 62.3 Å². The average Bonchev–Trinajstić information content (AvgIpc) is 2.32. The smallest absolute Gasteiger partial charge is 0.0568 e. The van der Waals surface area contributed by atoms with Crippen LogP contribution in [-0.2, 0) is 12.8 Å². The number of nitrogens with zero attached hydrogens (tertiary/aromatic N) is 1. The Labute approximate surface area is 163 Å². The van der Waals surface area contributed by atoms with Crippen LogP contribution in [0.5, 0.6) is 0 Å². The molecule has 0 saturated heterocycles. The summed E-state index contributed by atoms with van der Waals surface area (Å²) in [5, 5.41) is 0. The molecule has 0 spiro atoms. The van der Waals surface area contributed by atoms with Gasteiger partial charge in [-0.3, -0.25) is 0 Å². The predicted molar refractivity (Wildman–Crippen MR) is 125 cm³/mol. The SMILES string of the molecule is CC(=S)N([S-])C(C)=S(CC(C)C)(CC(C)C)(CC(C)C)CC(C)C. The van der Waals surface area contributed by atoms with Crippen LogP contribution in [0.25, 0.3) is 0 Å². The molecular formula is C20H42NS3-. The first-order chi connectivity index (χ1) is 10.8. The summed E-state index contributed by atoms with van der Waals surface area (Å²) in [5.74, 6) is 7.83. The second-order valence-corrected chi connectivity index (χ2v) is 15.9. The van der Waals surface area contributed by atoms with Gasteiger partial charge in [0.25, 0.3) is 0 Å². The fraction of sp³-hybridized carbons (Fsp3) is 0.900. The van der Waals surface area contributed by atoms with Crippen molar-refractivity contribution in [3.8, 4) is 0 Å². The first-order valence-electron chi connectivity index (χ1n) is 9.44. The Kier molecular flexibility index (Phi) is 9.59. The van der Waals surface area contributed by atoms with Gasteiger partial charge in [-0.1, -0.05) is 67.6 Å². The van der Waals surface area contributed by atoms with Gasteiger partial charge in [0.2, 0.25) is 0 Å². The zero-order valence-electron chi connectivity index (χ0n) is 17.8. The summed E-state index contributed by atoms with van der Waals surface area (Å²) in [7, 11) is -1.86. The third-order valence-corrected chi connectivity index (χ3v) is 13.5. The monoisotopic (exact) mass is 392 g/mol. The molecule has 0 unspecified atom stereocenters. The van der Waals surface area contributed by atoms with Crippen LogP contribution in [0, 0.1) is 23.7 Å². The second kappa shape index (κ2) is 9.41. The Hall–Kier alpha value is 0.460. The van der Waals surface area contributed by atoms with E-state index in [0.29, 0.717) is 23.7 Å². The molecular weight excluding hydrogens is 350 g/mol. The fourth-order valence-electron chi connectivity index (χ4n) is 4.84. The van der Waals surface area contributed by atoms with Crippen molar-refractivity contribution < 1.29 is 0 Å². The highest BCUT2D eigenvalue weighted by Gasteiger charge is 2.39. The lowest BCUT2D eigenvalue weighted by Gasteiger charge is -2.60. The normalized spacial score (nSPS) is 14.4. The van der Waals surface area contributed by atoms with Crippen molar-refractivity contribution in [3.63, 3.8) is 0 Å². The van der Waals surface area contributed by atoms with Crippen LogP contribution in [0.1, 0.15) is 69.2 Å². The fourth-order valence-corrected chi connectivity index (χ4v) is 15.0. The molecule has 0 aromatic rings. The lowest BCUT2D eigenvalue weighted by atomic mass is 10.2. The van der Waals surface area contributed by atoms with Crippen LogP contribution in [0.15, 0.2) is 0 Å². The molecule has 0 aromatic heterocycles. The summed E-state index contributed by atoms with van der Waals surface area (Å²) >= 11 is 11.3. The molecule has 0 bridgehead atoms. The highest BCUT2D eigenvalue weighted by atomic mass is 32.3. The summed E-state index contributed by atoms with van der Waals surface area (Å²) in [6, 6.07) is 0. The van der Waals surface area contributed by atoms with Crippen molar-refractivity contribution in [2.45, 2.75) is 69.2 Å². The zero-order valence-corrected chi connectivity index (χ0v) is 20.3. The van der Waals surface area contributed by atoms with E-state index in [9.17, 15) is 0 Å². The van der Waals surface area contributed by atoms with Crippen molar-refractivity contribution >= 4 is 43.8 Å². The lowest BCUT2D eigenvalue weighted by Crippen LogP contribution is -2.43. The Morgan fingerprint density at radius 3 is 1.17 bits per heavy atom. The Morgan fingerprint density at radius 1 is 0.750 bits per heavy atom. The van der Waals surface area contributed by atoms with Gasteiger partial charge in [-0.05, 0) is 60.5 Å². The van der Waals surface area contributed by atoms with Crippen LogP contribution >= 0.6 is 21.0 Å². The van der Waals surface area contributed by atoms with Crippen LogP contribution < -0.4 is 0 Å². The molecule has 0 saturated carbocycles. The molecule has 0 radical (unpaired) electrons. The molecule has 0 heterocycles. The average molecular weight is 393 g/mol. The van der Waals surface area contributed by atoms with E-state index < -0.39 is 8.75 Å². The molecule has 24 heavy (non-hydrogen) atoms. The highest BCUT2D eigenvalue weighted by Crippen LogP contribution is 2.65. The van der Waals surface area contributed by atoms with Gasteiger partial charge in [-0.15, -0.1) is 0 Å². The molecule has 0 aromatic carbocycles. The van der Waals surface area contributed by atoms with E-state index in [1.807, 2.05) is 11.2 Å². The van der Waals surface area contributed by atoms with Crippen LogP contribution in [0.2, 0.25) is 0 Å². The van der Waals surface area contributed by atoms with Gasteiger partial charge in [0, 0.05) is 4.99 Å². The Balaban J connectivity index is 6.93. The van der Waals surface area contributed by atoms with E-state index in [1.165, 1.54) is 28.0 Å². The Bertz CT molecular complexity index is 426. The largest absolute Gasteiger partial charge is 0.660 e. The van der Waals surface area contributed by atoms with Crippen molar-refractivity contribution in [1.82, 2.24) is 4.31 Å². The minimum atomic E-state index is -1.86. The van der Waals surface area contributed by atoms with Crippen molar-refractivity contribution in [2.75, 3.05) is 23.0 Å². The van der Waals surface area contributed by atoms with Crippen LogP contribution in [-0.4, -0.2) is 37.3 Å². The van der Waals surface area contributed by atoms with Gasteiger partial charge in [0.15, 0.2) is 0 Å². The molecule has 0 atom stereocenters. The van der Waals surface area contributed by atoms with Gasteiger partial charge in [0.05, 0.1) is 4.99 Å². The summed E-state index contributed by atoms with van der Waals surface area (Å²) < 4.78 is 1.94. The van der Waals surface area contributed by atoms with Crippen molar-refractivity contribution in [1.29, 1.82) is 0 Å². The molecule has 0 aliphatic carbocycles. The quantitative estimate of drug-likeness (QED) is 0.357. The molecule has 0 fully saturated rings. The first kappa shape index (κ1) is 24.5. The molecule has 4 heteroatoms. The summed E-state index contributed by atoms with van der Waals surface area (Å²) in [6.45, 7) is 23.3. The first-order valence-corrected chi connectivity index (χ1v) is 12.9. The van der Waals surface area contributed by atoms with Crippen LogP contribution in [0.3, 0.4) is 0 Å². The summed E-state index contributed by atoms with van der Waals surface area (Å²) in [6.07, 6.45) is 0. The van der Waals surface area contributed by atoms with E-state index in [4.69, 9.17) is 25.0 Å². The third-order valence-electron chi connectivity index (χ3n) is 4.49. The number of hydrogen-bond acceptors (Lipinski definition) is 2. The maximum absolute atomic E-state index is 5.80. The standard InChI is InChI=1S/C20H42NS3/c1-15(2)11-24(12-16(3)4,13-17(5)6,14-18(7)8)20(10)21(23)19(9)22/h15-18H,11-14H2,1-10H3/q-1. The number of hydrogen-bond donors (Lipinski definition) is 0. The van der Waals surface area contributed by atoms with Gasteiger partial charge < -0.3 is 17.1 Å². The number of thiocarbonyl (C=S) groups is 1. The molecule has 0 aliphatic heterocycles. The molecule has 0 N–H and O–H groups in total. The molecule has 1 nitrogen and oxygen atoms in total. The maximum atomic E-state index is 5.80. The van der Waals surface area contributed by atoms with Gasteiger partial charge in [0.1, 0.15) is 0 Å². The minimum absolute atomic E-state index is 0.673. The van der Waals surface area contributed by atoms with Crippen LogP contribution in [0.4, 0.5) is 0 Å². The Morgan fingerprint density at radius 2 is 1.00 bits per heavy atom. The van der Waals surface area contributed by atoms with E-state index in [-0.39, 0.29) is 0 Å². The second-order valence-electron chi connectivity index (χ2n) is 9.38. The molecule has 0 amide bonds. The number of rotatable bonds is 8. The van der Waals surface area contributed by atoms with Gasteiger partial charge in [-0.25, -0.2) is 8.75 Å². The highest BCUT2D eigenvalue weighted by molar-refractivity contribution is 8.47. The zero-order chi connectivity index (χ0) is 19.3. The van der Waals surface area contributed by atoms with Gasteiger partial charge >= 0.3 is 0 Å². The van der Waals surface area contributed by atoms with Gasteiger partial charge in [-0.2, -0.15) is 0 Å². The maximum Gasteiger partial charge on any atom is 0.0568 e. The lowest BCUT2D eigenvalue weighted by molar-refractivity contribution is 0.672. The minimum Gasteiger partial charge on any atom is -0.660 e. The van der Waals surface area contributed by atoms with E-state index >= 15 is 0 Å². The topological polar surface area (TPSA) is 3.24 Å². The van der Waals surface area contributed by atoms with E-state index in [0.717, 1.165) is 4.99 Å². The van der Waals surface area contributed by atoms with Crippen molar-refractivity contribution in [2.24, 2.45) is 23.7 Å². The van der Waals surface area contributed by atoms with E-state index in [1.54, 1.807) is 0 Å². The predicted octanol–water partition coefficient (Wildman–Crippen LogP) is 6.21. The third kappa shape index (κ3) is 6.32.